The number of nitrogens with zero attached hydrogens (tertiary/aromatic N) is 1. The molecule has 0 saturated carbocycles. The molecule has 0 bridgehead atoms. The molecular weight excluding hydrogens is 240 g/mol. The molecule has 4 nitrogen and oxygen atoms in total. The number of carboxylic acids is 1. The number of carbonyl (C=O) groups is 1. The van der Waals surface area contributed by atoms with Crippen molar-refractivity contribution in [2.45, 2.75) is 38.1 Å². The van der Waals surface area contributed by atoms with Gasteiger partial charge >= 0.3 is 5.97 Å². The predicted molar refractivity (Wildman–Crippen MR) is 76.5 cm³/mol. The molecule has 104 valence electrons. The Balaban J connectivity index is 2.03. The molecule has 0 radical (unpaired) electrons. The second-order valence-electron chi connectivity index (χ2n) is 5.69. The Labute approximate surface area is 114 Å². The molecule has 1 aliphatic rings. The Morgan fingerprint density at radius 1 is 1.26 bits per heavy atom. The molecule has 3 N–H and O–H groups in total. The zero-order valence-corrected chi connectivity index (χ0v) is 11.6. The monoisotopic (exact) mass is 262 g/mol. The average molecular weight is 262 g/mol. The minimum absolute atomic E-state index is 0.494. The largest absolute Gasteiger partial charge is 0.480 e. The lowest BCUT2D eigenvalue weighted by atomic mass is 9.88. The second kappa shape index (κ2) is 5.21. The number of hydrogen-bond donors (Lipinski definition) is 2. The zero-order valence-electron chi connectivity index (χ0n) is 11.6. The van der Waals surface area contributed by atoms with E-state index in [1.165, 1.54) is 5.56 Å². The van der Waals surface area contributed by atoms with Crippen LogP contribution in [-0.4, -0.2) is 29.7 Å². The standard InChI is InChI=1S/C15H22N2O2/c1-11(2)12-3-5-13(6-4-12)17-9-7-15(16,8-10-17)14(18)19/h3-6,11H,7-10,16H2,1-2H3,(H,18,19). The lowest BCUT2D eigenvalue weighted by Gasteiger charge is -2.37. The first-order valence-corrected chi connectivity index (χ1v) is 6.79. The first-order chi connectivity index (χ1) is 8.92. The van der Waals surface area contributed by atoms with Gasteiger partial charge in [0.1, 0.15) is 5.54 Å². The third-order valence-corrected chi connectivity index (χ3v) is 4.01. The van der Waals surface area contributed by atoms with Crippen molar-refractivity contribution >= 4 is 11.7 Å². The van der Waals surface area contributed by atoms with Gasteiger partial charge in [-0.3, -0.25) is 4.79 Å². The summed E-state index contributed by atoms with van der Waals surface area (Å²) in [6.45, 7) is 5.74. The molecule has 0 amide bonds. The fraction of sp³-hybridized carbons (Fsp3) is 0.533. The van der Waals surface area contributed by atoms with E-state index < -0.39 is 11.5 Å². The Hall–Kier alpha value is -1.55. The van der Waals surface area contributed by atoms with Crippen molar-refractivity contribution in [3.63, 3.8) is 0 Å². The summed E-state index contributed by atoms with van der Waals surface area (Å²) in [6.07, 6.45) is 0.989. The molecule has 0 atom stereocenters. The summed E-state index contributed by atoms with van der Waals surface area (Å²) in [6, 6.07) is 8.50. The van der Waals surface area contributed by atoms with Gasteiger partial charge in [-0.15, -0.1) is 0 Å². The molecule has 2 rings (SSSR count). The summed E-state index contributed by atoms with van der Waals surface area (Å²) in [7, 11) is 0. The predicted octanol–water partition coefficient (Wildman–Crippen LogP) is 2.19. The highest BCUT2D eigenvalue weighted by molar-refractivity contribution is 5.79. The molecule has 1 aliphatic heterocycles. The Morgan fingerprint density at radius 3 is 2.21 bits per heavy atom. The number of rotatable bonds is 3. The summed E-state index contributed by atoms with van der Waals surface area (Å²) in [5.41, 5.74) is 7.30. The van der Waals surface area contributed by atoms with Gasteiger partial charge in [0.05, 0.1) is 0 Å². The van der Waals surface area contributed by atoms with Gasteiger partial charge in [0, 0.05) is 18.8 Å². The normalized spacial score (nSPS) is 18.6. The Morgan fingerprint density at radius 2 is 1.79 bits per heavy atom. The number of anilines is 1. The van der Waals surface area contributed by atoms with E-state index in [2.05, 4.69) is 43.0 Å². The van der Waals surface area contributed by atoms with E-state index in [-0.39, 0.29) is 0 Å². The van der Waals surface area contributed by atoms with E-state index >= 15 is 0 Å². The molecule has 1 aromatic rings. The molecule has 0 unspecified atom stereocenters. The van der Waals surface area contributed by atoms with Crippen LogP contribution in [0.5, 0.6) is 0 Å². The molecule has 0 aromatic heterocycles. The van der Waals surface area contributed by atoms with Crippen LogP contribution < -0.4 is 10.6 Å². The van der Waals surface area contributed by atoms with E-state index in [0.717, 1.165) is 5.69 Å². The minimum Gasteiger partial charge on any atom is -0.480 e. The smallest absolute Gasteiger partial charge is 0.323 e. The number of nitrogens with two attached hydrogens (primary N) is 1. The first kappa shape index (κ1) is 13.9. The topological polar surface area (TPSA) is 66.6 Å². The van der Waals surface area contributed by atoms with Crippen molar-refractivity contribution in [1.29, 1.82) is 0 Å². The van der Waals surface area contributed by atoms with Gasteiger partial charge < -0.3 is 15.7 Å². The average Bonchev–Trinajstić information content (AvgIpc) is 2.39. The summed E-state index contributed by atoms with van der Waals surface area (Å²) >= 11 is 0. The van der Waals surface area contributed by atoms with Crippen molar-refractivity contribution in [3.8, 4) is 0 Å². The molecule has 1 heterocycles. The molecule has 19 heavy (non-hydrogen) atoms. The molecule has 0 aliphatic carbocycles. The highest BCUT2D eigenvalue weighted by atomic mass is 16.4. The molecule has 1 fully saturated rings. The van der Waals surface area contributed by atoms with Crippen LogP contribution >= 0.6 is 0 Å². The summed E-state index contributed by atoms with van der Waals surface area (Å²) < 4.78 is 0. The van der Waals surface area contributed by atoms with Crippen molar-refractivity contribution in [2.75, 3.05) is 18.0 Å². The van der Waals surface area contributed by atoms with Crippen molar-refractivity contribution in [3.05, 3.63) is 29.8 Å². The van der Waals surface area contributed by atoms with Crippen molar-refractivity contribution in [2.24, 2.45) is 5.73 Å². The molecule has 1 aromatic carbocycles. The van der Waals surface area contributed by atoms with Gasteiger partial charge in [0.25, 0.3) is 0 Å². The first-order valence-electron chi connectivity index (χ1n) is 6.79. The number of carboxylic acid groups (broad SMARTS) is 1. The Kier molecular flexibility index (Phi) is 3.80. The molecule has 1 saturated heterocycles. The number of aliphatic carboxylic acids is 1. The van der Waals surface area contributed by atoms with Crippen LogP contribution in [-0.2, 0) is 4.79 Å². The number of benzene rings is 1. The third kappa shape index (κ3) is 2.89. The van der Waals surface area contributed by atoms with E-state index in [9.17, 15) is 4.79 Å². The SMILES string of the molecule is CC(C)c1ccc(N2CCC(N)(C(=O)O)CC2)cc1. The maximum atomic E-state index is 11.1. The molecule has 4 heteroatoms. The number of hydrogen-bond acceptors (Lipinski definition) is 3. The van der Waals surface area contributed by atoms with Crippen LogP contribution in [0.25, 0.3) is 0 Å². The van der Waals surface area contributed by atoms with Gasteiger partial charge in [0.15, 0.2) is 0 Å². The number of piperidine rings is 1. The minimum atomic E-state index is -1.05. The highest BCUT2D eigenvalue weighted by Gasteiger charge is 2.37. The van der Waals surface area contributed by atoms with E-state index in [4.69, 9.17) is 10.8 Å². The van der Waals surface area contributed by atoms with Crippen LogP contribution in [0, 0.1) is 0 Å². The lowest BCUT2D eigenvalue weighted by molar-refractivity contribution is -0.144. The van der Waals surface area contributed by atoms with Gasteiger partial charge in [-0.1, -0.05) is 26.0 Å². The molecule has 0 spiro atoms. The van der Waals surface area contributed by atoms with Crippen LogP contribution in [0.3, 0.4) is 0 Å². The van der Waals surface area contributed by atoms with Gasteiger partial charge in [-0.05, 0) is 36.5 Å². The fourth-order valence-electron chi connectivity index (χ4n) is 2.45. The lowest BCUT2D eigenvalue weighted by Crippen LogP contribution is -2.55. The van der Waals surface area contributed by atoms with Crippen molar-refractivity contribution < 1.29 is 9.90 Å². The second-order valence-corrected chi connectivity index (χ2v) is 5.69. The molecular formula is C15H22N2O2. The van der Waals surface area contributed by atoms with Gasteiger partial charge in [-0.2, -0.15) is 0 Å². The van der Waals surface area contributed by atoms with Crippen LogP contribution in [0.2, 0.25) is 0 Å². The Bertz CT molecular complexity index is 446. The quantitative estimate of drug-likeness (QED) is 0.876. The van der Waals surface area contributed by atoms with E-state index in [0.29, 0.717) is 31.8 Å². The third-order valence-electron chi connectivity index (χ3n) is 4.01. The maximum absolute atomic E-state index is 11.1. The van der Waals surface area contributed by atoms with Crippen LogP contribution in [0.15, 0.2) is 24.3 Å². The zero-order chi connectivity index (χ0) is 14.0. The summed E-state index contributed by atoms with van der Waals surface area (Å²) in [5, 5.41) is 9.11. The van der Waals surface area contributed by atoms with Gasteiger partial charge in [0.2, 0.25) is 0 Å². The van der Waals surface area contributed by atoms with Crippen molar-refractivity contribution in [1.82, 2.24) is 0 Å². The highest BCUT2D eigenvalue weighted by Crippen LogP contribution is 2.26. The maximum Gasteiger partial charge on any atom is 0.323 e. The summed E-state index contributed by atoms with van der Waals surface area (Å²) in [4.78, 5) is 13.3. The van der Waals surface area contributed by atoms with E-state index in [1.807, 2.05) is 0 Å². The van der Waals surface area contributed by atoms with E-state index in [1.54, 1.807) is 0 Å². The van der Waals surface area contributed by atoms with Crippen LogP contribution in [0.1, 0.15) is 38.2 Å². The van der Waals surface area contributed by atoms with Crippen LogP contribution in [0.4, 0.5) is 5.69 Å². The van der Waals surface area contributed by atoms with Gasteiger partial charge in [-0.25, -0.2) is 0 Å². The fourth-order valence-corrected chi connectivity index (χ4v) is 2.45. The summed E-state index contributed by atoms with van der Waals surface area (Å²) in [5.74, 6) is -0.360.